The molecular formula is C16H19NO4. The van der Waals surface area contributed by atoms with Gasteiger partial charge in [0.25, 0.3) is 0 Å². The molecule has 0 atom stereocenters. The molecule has 0 saturated heterocycles. The Bertz CT molecular complexity index is 557. The number of amides is 1. The van der Waals surface area contributed by atoms with E-state index >= 15 is 0 Å². The van der Waals surface area contributed by atoms with Crippen molar-refractivity contribution in [3.05, 3.63) is 41.5 Å². The quantitative estimate of drug-likeness (QED) is 0.786. The number of rotatable bonds is 6. The third kappa shape index (κ3) is 3.84. The molecule has 1 aliphatic rings. The maximum atomic E-state index is 11.9. The number of methoxy groups -OCH3 is 1. The highest BCUT2D eigenvalue weighted by Crippen LogP contribution is 2.21. The molecule has 2 rings (SSSR count). The number of hydrogen-bond acceptors (Lipinski definition) is 3. The van der Waals surface area contributed by atoms with Crippen molar-refractivity contribution in [2.24, 2.45) is 5.92 Å². The van der Waals surface area contributed by atoms with Crippen LogP contribution in [0, 0.1) is 5.92 Å². The molecule has 0 saturated carbocycles. The fourth-order valence-electron chi connectivity index (χ4n) is 2.38. The smallest absolute Gasteiger partial charge is 0.335 e. The number of hydrogen-bond donors (Lipinski definition) is 2. The average molecular weight is 289 g/mol. The molecule has 112 valence electrons. The van der Waals surface area contributed by atoms with Gasteiger partial charge in [-0.1, -0.05) is 18.2 Å². The van der Waals surface area contributed by atoms with Crippen molar-refractivity contribution >= 4 is 11.9 Å². The molecule has 0 heterocycles. The number of carbonyl (C=O) groups excluding carboxylic acids is 1. The molecule has 5 heteroatoms. The molecule has 1 aliphatic carbocycles. The van der Waals surface area contributed by atoms with Crippen molar-refractivity contribution in [2.75, 3.05) is 13.7 Å². The first-order valence-corrected chi connectivity index (χ1v) is 6.94. The summed E-state index contributed by atoms with van der Waals surface area (Å²) in [7, 11) is 1.51. The number of nitrogens with one attached hydrogen (secondary N) is 1. The number of ether oxygens (including phenoxy) is 1. The maximum absolute atomic E-state index is 11.9. The lowest BCUT2D eigenvalue weighted by Gasteiger charge is -2.12. The highest BCUT2D eigenvalue weighted by atomic mass is 16.5. The van der Waals surface area contributed by atoms with Gasteiger partial charge in [0.1, 0.15) is 5.75 Å². The molecule has 1 aromatic carbocycles. The van der Waals surface area contributed by atoms with Gasteiger partial charge in [-0.05, 0) is 37.0 Å². The van der Waals surface area contributed by atoms with Gasteiger partial charge in [-0.25, -0.2) is 4.79 Å². The van der Waals surface area contributed by atoms with Crippen molar-refractivity contribution in [3.63, 3.8) is 0 Å². The van der Waals surface area contributed by atoms with Gasteiger partial charge in [0.05, 0.1) is 12.7 Å². The van der Waals surface area contributed by atoms with Crippen molar-refractivity contribution < 1.29 is 19.4 Å². The van der Waals surface area contributed by atoms with Crippen molar-refractivity contribution in [1.29, 1.82) is 0 Å². The van der Waals surface area contributed by atoms with E-state index < -0.39 is 5.97 Å². The summed E-state index contributed by atoms with van der Waals surface area (Å²) < 4.78 is 5.21. The van der Waals surface area contributed by atoms with E-state index in [9.17, 15) is 9.59 Å². The lowest BCUT2D eigenvalue weighted by Crippen LogP contribution is -2.31. The predicted molar refractivity (Wildman–Crippen MR) is 78.5 cm³/mol. The van der Waals surface area contributed by atoms with E-state index in [0.717, 1.165) is 18.4 Å². The number of carbonyl (C=O) groups is 2. The standard InChI is InChI=1S/C16H19NO4/c1-21-14-10-13(16(19)20)7-6-11(14)8-9-17-15(18)12-4-2-3-5-12/h2-3,6-7,10,12H,4-5,8-9H2,1H3,(H,17,18)(H,19,20). The van der Waals surface area contributed by atoms with Gasteiger partial charge in [0, 0.05) is 12.5 Å². The molecule has 1 aromatic rings. The number of carboxylic acid groups (broad SMARTS) is 1. The van der Waals surface area contributed by atoms with Crippen LogP contribution in [0.4, 0.5) is 0 Å². The molecule has 0 bridgehead atoms. The van der Waals surface area contributed by atoms with E-state index in [1.54, 1.807) is 12.1 Å². The van der Waals surface area contributed by atoms with Gasteiger partial charge in [0.15, 0.2) is 0 Å². The van der Waals surface area contributed by atoms with Crippen LogP contribution in [0.15, 0.2) is 30.4 Å². The summed E-state index contributed by atoms with van der Waals surface area (Å²) in [6, 6.07) is 4.77. The fraction of sp³-hybridized carbons (Fsp3) is 0.375. The van der Waals surface area contributed by atoms with Crippen LogP contribution in [0.3, 0.4) is 0 Å². The molecular weight excluding hydrogens is 270 g/mol. The summed E-state index contributed by atoms with van der Waals surface area (Å²) in [5.74, 6) is -0.323. The molecule has 2 N–H and O–H groups in total. The molecule has 0 aromatic heterocycles. The zero-order valence-electron chi connectivity index (χ0n) is 12.0. The SMILES string of the molecule is COc1cc(C(=O)O)ccc1CCNC(=O)C1CC=CC1. The van der Waals surface area contributed by atoms with E-state index in [1.807, 2.05) is 12.2 Å². The molecule has 1 amide bonds. The normalized spacial score (nSPS) is 14.1. The second-order valence-electron chi connectivity index (χ2n) is 5.01. The van der Waals surface area contributed by atoms with Gasteiger partial charge < -0.3 is 15.2 Å². The van der Waals surface area contributed by atoms with Crippen LogP contribution in [0.2, 0.25) is 0 Å². The van der Waals surface area contributed by atoms with Gasteiger partial charge in [0.2, 0.25) is 5.91 Å². The predicted octanol–water partition coefficient (Wildman–Crippen LogP) is 2.02. The molecule has 0 aliphatic heterocycles. The zero-order chi connectivity index (χ0) is 15.2. The second kappa shape index (κ2) is 6.92. The summed E-state index contributed by atoms with van der Waals surface area (Å²) in [5.41, 5.74) is 1.07. The number of benzene rings is 1. The Morgan fingerprint density at radius 2 is 2.05 bits per heavy atom. The maximum Gasteiger partial charge on any atom is 0.335 e. The van der Waals surface area contributed by atoms with Gasteiger partial charge in [-0.2, -0.15) is 0 Å². The Hall–Kier alpha value is -2.30. The minimum Gasteiger partial charge on any atom is -0.496 e. The molecule has 0 spiro atoms. The highest BCUT2D eigenvalue weighted by Gasteiger charge is 2.18. The molecule has 5 nitrogen and oxygen atoms in total. The Kier molecular flexibility index (Phi) is 4.98. The van der Waals surface area contributed by atoms with Gasteiger partial charge >= 0.3 is 5.97 Å². The first kappa shape index (κ1) is 15.1. The summed E-state index contributed by atoms with van der Waals surface area (Å²) in [4.78, 5) is 22.8. The van der Waals surface area contributed by atoms with E-state index in [4.69, 9.17) is 9.84 Å². The first-order valence-electron chi connectivity index (χ1n) is 6.94. The Morgan fingerprint density at radius 3 is 2.67 bits per heavy atom. The largest absolute Gasteiger partial charge is 0.496 e. The van der Waals surface area contributed by atoms with Crippen LogP contribution in [0.25, 0.3) is 0 Å². The van der Waals surface area contributed by atoms with E-state index in [0.29, 0.717) is 18.7 Å². The average Bonchev–Trinajstić information content (AvgIpc) is 3.01. The fourth-order valence-corrected chi connectivity index (χ4v) is 2.38. The van der Waals surface area contributed by atoms with Crippen molar-refractivity contribution in [3.8, 4) is 5.75 Å². The lowest BCUT2D eigenvalue weighted by atomic mass is 10.1. The highest BCUT2D eigenvalue weighted by molar-refractivity contribution is 5.88. The number of carboxylic acids is 1. The van der Waals surface area contributed by atoms with Crippen LogP contribution >= 0.6 is 0 Å². The summed E-state index contributed by atoms with van der Waals surface area (Å²) in [6.45, 7) is 0.512. The molecule has 0 unspecified atom stereocenters. The molecule has 21 heavy (non-hydrogen) atoms. The molecule has 0 radical (unpaired) electrons. The van der Waals surface area contributed by atoms with Gasteiger partial charge in [-0.15, -0.1) is 0 Å². The lowest BCUT2D eigenvalue weighted by molar-refractivity contribution is -0.124. The van der Waals surface area contributed by atoms with Crippen molar-refractivity contribution in [2.45, 2.75) is 19.3 Å². The van der Waals surface area contributed by atoms with Crippen LogP contribution in [0.5, 0.6) is 5.75 Å². The zero-order valence-corrected chi connectivity index (χ0v) is 12.0. The third-order valence-corrected chi connectivity index (χ3v) is 3.61. The topological polar surface area (TPSA) is 75.6 Å². The van der Waals surface area contributed by atoms with Crippen LogP contribution in [0.1, 0.15) is 28.8 Å². The third-order valence-electron chi connectivity index (χ3n) is 3.61. The van der Waals surface area contributed by atoms with Crippen LogP contribution in [-0.4, -0.2) is 30.6 Å². The summed E-state index contributed by atoms with van der Waals surface area (Å²) in [6.07, 6.45) is 6.27. The Morgan fingerprint density at radius 1 is 1.33 bits per heavy atom. The van der Waals surface area contributed by atoms with Crippen LogP contribution in [-0.2, 0) is 11.2 Å². The minimum atomic E-state index is -0.984. The van der Waals surface area contributed by atoms with Crippen LogP contribution < -0.4 is 10.1 Å². The number of aromatic carboxylic acids is 1. The minimum absolute atomic E-state index is 0.0567. The Labute approximate surface area is 123 Å². The monoisotopic (exact) mass is 289 g/mol. The molecule has 0 fully saturated rings. The van der Waals surface area contributed by atoms with Gasteiger partial charge in [-0.3, -0.25) is 4.79 Å². The van der Waals surface area contributed by atoms with E-state index in [2.05, 4.69) is 5.32 Å². The Balaban J connectivity index is 1.90. The second-order valence-corrected chi connectivity index (χ2v) is 5.01. The summed E-state index contributed by atoms with van der Waals surface area (Å²) >= 11 is 0. The van der Waals surface area contributed by atoms with E-state index in [1.165, 1.54) is 13.2 Å². The van der Waals surface area contributed by atoms with E-state index in [-0.39, 0.29) is 17.4 Å². The number of allylic oxidation sites excluding steroid dienone is 2. The first-order chi connectivity index (χ1) is 10.1. The van der Waals surface area contributed by atoms with Crippen molar-refractivity contribution in [1.82, 2.24) is 5.32 Å². The summed E-state index contributed by atoms with van der Waals surface area (Å²) in [5, 5.41) is 11.9.